The first-order valence-electron chi connectivity index (χ1n) is 5.64. The molecule has 6 heteroatoms. The number of nitrogens with zero attached hydrogens (tertiary/aromatic N) is 1. The molecule has 0 saturated heterocycles. The Morgan fingerprint density at radius 3 is 2.72 bits per heavy atom. The van der Waals surface area contributed by atoms with Gasteiger partial charge in [0.15, 0.2) is 6.61 Å². The average Bonchev–Trinajstić information content (AvgIpc) is 2.34. The first kappa shape index (κ1) is 14.0. The third-order valence-corrected chi connectivity index (χ3v) is 2.04. The number of carbonyl (C=O) groups excluding carboxylic acids is 2. The molecule has 1 rings (SSSR count). The molecule has 0 spiro atoms. The number of carbonyl (C=O) groups is 2. The summed E-state index contributed by atoms with van der Waals surface area (Å²) in [5, 5.41) is 2.64. The Balaban J connectivity index is 2.37. The molecule has 0 aromatic carbocycles. The van der Waals surface area contributed by atoms with Gasteiger partial charge in [0.2, 0.25) is 0 Å². The lowest BCUT2D eigenvalue weighted by Gasteiger charge is -2.08. The van der Waals surface area contributed by atoms with Crippen molar-refractivity contribution in [3.05, 3.63) is 24.0 Å². The molecule has 0 aliphatic carbocycles. The second kappa shape index (κ2) is 6.58. The summed E-state index contributed by atoms with van der Waals surface area (Å²) in [5.74, 6) is -0.620. The van der Waals surface area contributed by atoms with Crippen molar-refractivity contribution < 1.29 is 14.3 Å². The van der Waals surface area contributed by atoms with Crippen LogP contribution in [0.1, 0.15) is 24.3 Å². The lowest BCUT2D eigenvalue weighted by atomic mass is 10.2. The average molecular weight is 251 g/mol. The Morgan fingerprint density at radius 2 is 2.17 bits per heavy atom. The highest BCUT2D eigenvalue weighted by atomic mass is 16.5. The van der Waals surface area contributed by atoms with Crippen LogP contribution in [0.5, 0.6) is 0 Å². The fourth-order valence-electron chi connectivity index (χ4n) is 1.10. The third kappa shape index (κ3) is 4.82. The highest BCUT2D eigenvalue weighted by Gasteiger charge is 2.11. The van der Waals surface area contributed by atoms with Crippen molar-refractivity contribution in [2.45, 2.75) is 13.8 Å². The summed E-state index contributed by atoms with van der Waals surface area (Å²) < 4.78 is 4.81. The number of hydrogen-bond donors (Lipinski definition) is 2. The lowest BCUT2D eigenvalue weighted by molar-refractivity contribution is -0.124. The van der Waals surface area contributed by atoms with Crippen molar-refractivity contribution in [3.63, 3.8) is 0 Å². The number of ether oxygens (including phenoxy) is 1. The molecule has 98 valence electrons. The molecule has 0 aliphatic rings. The SMILES string of the molecule is CC(C)CNC(=O)COC(=O)c1ccc(N)cn1. The zero-order chi connectivity index (χ0) is 13.5. The summed E-state index contributed by atoms with van der Waals surface area (Å²) in [5.41, 5.74) is 6.02. The van der Waals surface area contributed by atoms with E-state index in [-0.39, 0.29) is 18.2 Å². The van der Waals surface area contributed by atoms with Crippen molar-refractivity contribution in [1.29, 1.82) is 0 Å². The number of nitrogens with one attached hydrogen (secondary N) is 1. The van der Waals surface area contributed by atoms with E-state index in [2.05, 4.69) is 10.3 Å². The van der Waals surface area contributed by atoms with Gasteiger partial charge in [0.25, 0.3) is 5.91 Å². The van der Waals surface area contributed by atoms with Crippen LogP contribution in [-0.4, -0.2) is 30.0 Å². The van der Waals surface area contributed by atoms with E-state index in [1.54, 1.807) is 6.07 Å². The molecular weight excluding hydrogens is 234 g/mol. The topological polar surface area (TPSA) is 94.3 Å². The van der Waals surface area contributed by atoms with Crippen LogP contribution in [0, 0.1) is 5.92 Å². The van der Waals surface area contributed by atoms with Crippen LogP contribution in [0.15, 0.2) is 18.3 Å². The number of nitrogens with two attached hydrogens (primary N) is 1. The van der Waals surface area contributed by atoms with Crippen molar-refractivity contribution in [3.8, 4) is 0 Å². The van der Waals surface area contributed by atoms with Gasteiger partial charge in [-0.2, -0.15) is 0 Å². The van der Waals surface area contributed by atoms with Gasteiger partial charge in [-0.3, -0.25) is 4.79 Å². The quantitative estimate of drug-likeness (QED) is 0.747. The van der Waals surface area contributed by atoms with Gasteiger partial charge in [0.1, 0.15) is 5.69 Å². The number of amides is 1. The molecule has 0 fully saturated rings. The van der Waals surface area contributed by atoms with Crippen LogP contribution in [0.25, 0.3) is 0 Å². The normalized spacial score (nSPS) is 10.2. The molecule has 1 aromatic rings. The highest BCUT2D eigenvalue weighted by molar-refractivity contribution is 5.89. The monoisotopic (exact) mass is 251 g/mol. The highest BCUT2D eigenvalue weighted by Crippen LogP contribution is 2.02. The molecule has 6 nitrogen and oxygen atoms in total. The molecule has 0 unspecified atom stereocenters. The maximum absolute atomic E-state index is 11.5. The minimum absolute atomic E-state index is 0.126. The molecule has 0 atom stereocenters. The molecule has 0 bridgehead atoms. The Morgan fingerprint density at radius 1 is 1.44 bits per heavy atom. The maximum Gasteiger partial charge on any atom is 0.357 e. The van der Waals surface area contributed by atoms with Crippen LogP contribution < -0.4 is 11.1 Å². The molecule has 1 aromatic heterocycles. The standard InChI is InChI=1S/C12H17N3O3/c1-8(2)5-15-11(16)7-18-12(17)10-4-3-9(13)6-14-10/h3-4,6,8H,5,7,13H2,1-2H3,(H,15,16). The fourth-order valence-corrected chi connectivity index (χ4v) is 1.10. The molecule has 0 radical (unpaired) electrons. The largest absolute Gasteiger partial charge is 0.451 e. The predicted octanol–water partition coefficient (Wildman–Crippen LogP) is 0.593. The van der Waals surface area contributed by atoms with Crippen LogP contribution in [0.3, 0.4) is 0 Å². The number of pyridine rings is 1. The predicted molar refractivity (Wildman–Crippen MR) is 66.8 cm³/mol. The summed E-state index contributed by atoms with van der Waals surface area (Å²) in [6.07, 6.45) is 1.36. The van der Waals surface area contributed by atoms with Crippen LogP contribution in [0.2, 0.25) is 0 Å². The van der Waals surface area contributed by atoms with E-state index >= 15 is 0 Å². The van der Waals surface area contributed by atoms with Gasteiger partial charge in [-0.05, 0) is 18.1 Å². The number of esters is 1. The van der Waals surface area contributed by atoms with Gasteiger partial charge < -0.3 is 15.8 Å². The van der Waals surface area contributed by atoms with E-state index in [1.807, 2.05) is 13.8 Å². The number of rotatable bonds is 5. The van der Waals surface area contributed by atoms with Crippen LogP contribution in [0.4, 0.5) is 5.69 Å². The van der Waals surface area contributed by atoms with Gasteiger partial charge in [-0.15, -0.1) is 0 Å². The van der Waals surface area contributed by atoms with E-state index in [4.69, 9.17) is 10.5 Å². The first-order valence-corrected chi connectivity index (χ1v) is 5.64. The molecule has 3 N–H and O–H groups in total. The Bertz CT molecular complexity index is 415. The number of nitrogen functional groups attached to an aromatic ring is 1. The molecule has 0 saturated carbocycles. The van der Waals surface area contributed by atoms with Gasteiger partial charge in [0.05, 0.1) is 11.9 Å². The first-order chi connectivity index (χ1) is 8.49. The molecule has 1 heterocycles. The van der Waals surface area contributed by atoms with Crippen molar-refractivity contribution in [2.24, 2.45) is 5.92 Å². The number of aromatic nitrogens is 1. The van der Waals surface area contributed by atoms with Crippen LogP contribution >= 0.6 is 0 Å². The molecule has 18 heavy (non-hydrogen) atoms. The van der Waals surface area contributed by atoms with E-state index < -0.39 is 5.97 Å². The lowest BCUT2D eigenvalue weighted by Crippen LogP contribution is -2.31. The summed E-state index contributed by atoms with van der Waals surface area (Å²) >= 11 is 0. The van der Waals surface area contributed by atoms with Crippen molar-refractivity contribution >= 4 is 17.6 Å². The molecule has 1 amide bonds. The van der Waals surface area contributed by atoms with E-state index in [0.717, 1.165) is 0 Å². The van der Waals surface area contributed by atoms with Crippen LogP contribution in [-0.2, 0) is 9.53 Å². The van der Waals surface area contributed by atoms with Gasteiger partial charge in [-0.25, -0.2) is 9.78 Å². The van der Waals surface area contributed by atoms with Gasteiger partial charge in [0, 0.05) is 6.54 Å². The van der Waals surface area contributed by atoms with Gasteiger partial charge in [-0.1, -0.05) is 13.8 Å². The summed E-state index contributed by atoms with van der Waals surface area (Å²) in [4.78, 5) is 26.6. The summed E-state index contributed by atoms with van der Waals surface area (Å²) in [7, 11) is 0. The van der Waals surface area contributed by atoms with Crippen molar-refractivity contribution in [2.75, 3.05) is 18.9 Å². The second-order valence-corrected chi connectivity index (χ2v) is 4.25. The minimum Gasteiger partial charge on any atom is -0.451 e. The Hall–Kier alpha value is -2.11. The third-order valence-electron chi connectivity index (χ3n) is 2.04. The van der Waals surface area contributed by atoms with E-state index in [0.29, 0.717) is 18.2 Å². The van der Waals surface area contributed by atoms with E-state index in [9.17, 15) is 9.59 Å². The minimum atomic E-state index is -0.644. The summed E-state index contributed by atoms with van der Waals surface area (Å²) in [6, 6.07) is 2.99. The zero-order valence-electron chi connectivity index (χ0n) is 10.5. The van der Waals surface area contributed by atoms with E-state index in [1.165, 1.54) is 12.3 Å². The Kier molecular flexibility index (Phi) is 5.10. The number of hydrogen-bond acceptors (Lipinski definition) is 5. The summed E-state index contributed by atoms with van der Waals surface area (Å²) in [6.45, 7) is 4.20. The number of anilines is 1. The second-order valence-electron chi connectivity index (χ2n) is 4.25. The molecular formula is C12H17N3O3. The van der Waals surface area contributed by atoms with Crippen molar-refractivity contribution in [1.82, 2.24) is 10.3 Å². The Labute approximate surface area is 106 Å². The zero-order valence-corrected chi connectivity index (χ0v) is 10.5. The van der Waals surface area contributed by atoms with Gasteiger partial charge >= 0.3 is 5.97 Å². The fraction of sp³-hybridized carbons (Fsp3) is 0.417. The maximum atomic E-state index is 11.5. The smallest absolute Gasteiger partial charge is 0.357 e. The molecule has 0 aliphatic heterocycles.